The highest BCUT2D eigenvalue weighted by Crippen LogP contribution is 2.32. The van der Waals surface area contributed by atoms with E-state index in [1.54, 1.807) is 0 Å². The maximum absolute atomic E-state index is 5.64. The van der Waals surface area contributed by atoms with Crippen molar-refractivity contribution in [2.45, 2.75) is 50.8 Å². The van der Waals surface area contributed by atoms with E-state index >= 15 is 0 Å². The van der Waals surface area contributed by atoms with Gasteiger partial charge in [0.25, 0.3) is 0 Å². The summed E-state index contributed by atoms with van der Waals surface area (Å²) in [7, 11) is 0. The Morgan fingerprint density at radius 1 is 1.46 bits per heavy atom. The van der Waals surface area contributed by atoms with Gasteiger partial charge in [0.1, 0.15) is 0 Å². The quantitative estimate of drug-likeness (QED) is 0.530. The van der Waals surface area contributed by atoms with Crippen molar-refractivity contribution in [1.29, 1.82) is 0 Å². The highest BCUT2D eigenvalue weighted by Gasteiger charge is 2.29. The van der Waals surface area contributed by atoms with E-state index in [9.17, 15) is 0 Å². The monoisotopic (exact) mass is 202 g/mol. The third-order valence-corrected chi connectivity index (χ3v) is 4.60. The van der Waals surface area contributed by atoms with Crippen molar-refractivity contribution < 1.29 is 0 Å². The molecule has 2 nitrogen and oxygen atoms in total. The maximum Gasteiger partial charge on any atom is 0.0357 e. The van der Waals surface area contributed by atoms with Crippen LogP contribution in [-0.4, -0.2) is 17.0 Å². The minimum Gasteiger partial charge on any atom is -0.271 e. The van der Waals surface area contributed by atoms with Crippen molar-refractivity contribution in [2.24, 2.45) is 11.8 Å². The van der Waals surface area contributed by atoms with Crippen molar-refractivity contribution in [3.8, 4) is 0 Å². The Labute approximate surface area is 86.0 Å². The van der Waals surface area contributed by atoms with E-state index in [4.69, 9.17) is 5.84 Å². The maximum atomic E-state index is 5.64. The predicted molar refractivity (Wildman–Crippen MR) is 60.7 cm³/mol. The van der Waals surface area contributed by atoms with E-state index in [2.05, 4.69) is 31.0 Å². The minimum absolute atomic E-state index is 0.530. The average molecular weight is 202 g/mol. The topological polar surface area (TPSA) is 38.0 Å². The largest absolute Gasteiger partial charge is 0.271 e. The summed E-state index contributed by atoms with van der Waals surface area (Å²) in [4.78, 5) is 0. The highest BCUT2D eigenvalue weighted by atomic mass is 32.2. The summed E-state index contributed by atoms with van der Waals surface area (Å²) in [6, 6.07) is 0.530. The smallest absolute Gasteiger partial charge is 0.0357 e. The number of thioether (sulfide) groups is 1. The van der Waals surface area contributed by atoms with Gasteiger partial charge in [0.15, 0.2) is 0 Å². The molecule has 1 heterocycles. The van der Waals surface area contributed by atoms with Gasteiger partial charge in [0.2, 0.25) is 0 Å². The van der Waals surface area contributed by atoms with Gasteiger partial charge in [-0.2, -0.15) is 11.8 Å². The first-order valence-corrected chi connectivity index (χ1v) is 6.46. The van der Waals surface area contributed by atoms with Crippen molar-refractivity contribution >= 4 is 11.8 Å². The molecule has 0 spiro atoms. The Balaban J connectivity index is 2.48. The molecule has 1 saturated heterocycles. The first kappa shape index (κ1) is 11.3. The number of nitrogens with one attached hydrogen (secondary N) is 1. The molecule has 0 saturated carbocycles. The normalized spacial score (nSPS) is 25.4. The fraction of sp³-hybridized carbons (Fsp3) is 1.00. The van der Waals surface area contributed by atoms with E-state index in [1.807, 2.05) is 0 Å². The van der Waals surface area contributed by atoms with Crippen LogP contribution in [0.4, 0.5) is 0 Å². The lowest BCUT2D eigenvalue weighted by molar-refractivity contribution is 0.326. The van der Waals surface area contributed by atoms with Crippen LogP contribution >= 0.6 is 11.8 Å². The van der Waals surface area contributed by atoms with Gasteiger partial charge in [-0.1, -0.05) is 26.7 Å². The van der Waals surface area contributed by atoms with Crippen LogP contribution < -0.4 is 11.3 Å². The summed E-state index contributed by atoms with van der Waals surface area (Å²) in [5, 5.41) is 0.759. The molecule has 1 rings (SSSR count). The van der Waals surface area contributed by atoms with Crippen LogP contribution in [0.25, 0.3) is 0 Å². The molecule has 0 aliphatic carbocycles. The Kier molecular flexibility index (Phi) is 5.14. The zero-order valence-electron chi connectivity index (χ0n) is 8.75. The summed E-state index contributed by atoms with van der Waals surface area (Å²) in [5.41, 5.74) is 3.03. The van der Waals surface area contributed by atoms with Crippen LogP contribution in [0.15, 0.2) is 0 Å². The summed E-state index contributed by atoms with van der Waals surface area (Å²) in [5.74, 6) is 7.71. The van der Waals surface area contributed by atoms with Gasteiger partial charge >= 0.3 is 0 Å². The molecular formula is C10H22N2S. The second-order valence-electron chi connectivity index (χ2n) is 3.82. The second kappa shape index (κ2) is 5.89. The third-order valence-electron chi connectivity index (χ3n) is 3.11. The van der Waals surface area contributed by atoms with Crippen molar-refractivity contribution in [1.82, 2.24) is 5.43 Å². The molecule has 0 aromatic rings. The first-order valence-electron chi connectivity index (χ1n) is 5.41. The standard InChI is InChI=1S/C10H22N2S/c1-3-8(4-2)10(12-11)9-6-5-7-13-9/h8-10,12H,3-7,11H2,1-2H3. The Hall–Kier alpha value is 0.270. The second-order valence-corrected chi connectivity index (χ2v) is 5.17. The van der Waals surface area contributed by atoms with Gasteiger partial charge in [-0.15, -0.1) is 0 Å². The van der Waals surface area contributed by atoms with Crippen molar-refractivity contribution in [2.75, 3.05) is 5.75 Å². The number of hydrogen-bond donors (Lipinski definition) is 2. The van der Waals surface area contributed by atoms with Gasteiger partial charge in [-0.05, 0) is 24.5 Å². The molecule has 1 aliphatic heterocycles. The zero-order valence-corrected chi connectivity index (χ0v) is 9.57. The number of hydrogen-bond acceptors (Lipinski definition) is 3. The van der Waals surface area contributed by atoms with Crippen LogP contribution in [-0.2, 0) is 0 Å². The van der Waals surface area contributed by atoms with E-state index in [0.29, 0.717) is 6.04 Å². The van der Waals surface area contributed by atoms with Crippen molar-refractivity contribution in [3.05, 3.63) is 0 Å². The molecule has 0 bridgehead atoms. The molecular weight excluding hydrogens is 180 g/mol. The summed E-state index contributed by atoms with van der Waals surface area (Å²) in [6.45, 7) is 4.52. The average Bonchev–Trinajstić information content (AvgIpc) is 2.66. The molecule has 1 fully saturated rings. The van der Waals surface area contributed by atoms with Crippen LogP contribution in [0.3, 0.4) is 0 Å². The van der Waals surface area contributed by atoms with Crippen LogP contribution in [0.2, 0.25) is 0 Å². The summed E-state index contributed by atoms with van der Waals surface area (Å²) in [6.07, 6.45) is 5.19. The first-order chi connectivity index (χ1) is 6.33. The SMILES string of the molecule is CCC(CC)C(NN)C1CCCS1. The number of hydrazine groups is 1. The molecule has 3 N–H and O–H groups in total. The molecule has 78 valence electrons. The van der Waals surface area contributed by atoms with Gasteiger partial charge in [-0.3, -0.25) is 11.3 Å². The lowest BCUT2D eigenvalue weighted by Crippen LogP contribution is -2.46. The molecule has 0 aromatic carbocycles. The molecule has 0 aromatic heterocycles. The van der Waals surface area contributed by atoms with E-state index < -0.39 is 0 Å². The molecule has 2 atom stereocenters. The molecule has 13 heavy (non-hydrogen) atoms. The van der Waals surface area contributed by atoms with E-state index in [0.717, 1.165) is 11.2 Å². The van der Waals surface area contributed by atoms with Gasteiger partial charge in [-0.25, -0.2) is 0 Å². The number of rotatable bonds is 5. The third kappa shape index (κ3) is 2.86. The van der Waals surface area contributed by atoms with Gasteiger partial charge in [0.05, 0.1) is 0 Å². The molecule has 3 heteroatoms. The van der Waals surface area contributed by atoms with Crippen molar-refractivity contribution in [3.63, 3.8) is 0 Å². The minimum atomic E-state index is 0.530. The summed E-state index contributed by atoms with van der Waals surface area (Å²) >= 11 is 2.09. The lowest BCUT2D eigenvalue weighted by Gasteiger charge is -2.29. The Morgan fingerprint density at radius 2 is 2.15 bits per heavy atom. The zero-order chi connectivity index (χ0) is 9.68. The fourth-order valence-electron chi connectivity index (χ4n) is 2.23. The summed E-state index contributed by atoms with van der Waals surface area (Å²) < 4.78 is 0. The molecule has 2 unspecified atom stereocenters. The Morgan fingerprint density at radius 3 is 2.54 bits per heavy atom. The molecule has 0 amide bonds. The van der Waals surface area contributed by atoms with Crippen LogP contribution in [0, 0.1) is 5.92 Å². The van der Waals surface area contributed by atoms with Crippen LogP contribution in [0.5, 0.6) is 0 Å². The lowest BCUT2D eigenvalue weighted by atomic mass is 9.91. The molecule has 1 aliphatic rings. The van der Waals surface area contributed by atoms with E-state index in [1.165, 1.54) is 31.4 Å². The molecule has 0 radical (unpaired) electrons. The number of nitrogens with two attached hydrogens (primary N) is 1. The van der Waals surface area contributed by atoms with E-state index in [-0.39, 0.29) is 0 Å². The predicted octanol–water partition coefficient (Wildman–Crippen LogP) is 2.15. The fourth-order valence-corrected chi connectivity index (χ4v) is 3.71. The van der Waals surface area contributed by atoms with Gasteiger partial charge in [0, 0.05) is 11.3 Å². The van der Waals surface area contributed by atoms with Gasteiger partial charge < -0.3 is 0 Å². The Bertz CT molecular complexity index is 129. The highest BCUT2D eigenvalue weighted by molar-refractivity contribution is 8.00. The van der Waals surface area contributed by atoms with Crippen LogP contribution in [0.1, 0.15) is 39.5 Å².